The molecule has 0 aliphatic rings. The van der Waals surface area contributed by atoms with Crippen LogP contribution in [0.15, 0.2) is 36.4 Å². The highest BCUT2D eigenvalue weighted by atomic mass is 16.5. The molecular formula is C28H38O4. The molecule has 4 heteroatoms. The van der Waals surface area contributed by atoms with Gasteiger partial charge in [-0.3, -0.25) is 0 Å². The molecule has 0 saturated heterocycles. The molecule has 0 saturated carbocycles. The van der Waals surface area contributed by atoms with Gasteiger partial charge in [-0.25, -0.2) is 0 Å². The first-order valence-electron chi connectivity index (χ1n) is 11.8. The van der Waals surface area contributed by atoms with Gasteiger partial charge in [0, 0.05) is 34.8 Å². The highest BCUT2D eigenvalue weighted by molar-refractivity contribution is 6.12. The summed E-state index contributed by atoms with van der Waals surface area (Å²) >= 11 is 0. The molecule has 0 bridgehead atoms. The maximum absolute atomic E-state index is 6.38. The first-order valence-corrected chi connectivity index (χ1v) is 11.8. The summed E-state index contributed by atoms with van der Waals surface area (Å²) in [6, 6.07) is 13.1. The Morgan fingerprint density at radius 2 is 1.38 bits per heavy atom. The van der Waals surface area contributed by atoms with Crippen LogP contribution in [0.3, 0.4) is 0 Å². The van der Waals surface area contributed by atoms with Crippen molar-refractivity contribution in [1.82, 2.24) is 0 Å². The van der Waals surface area contributed by atoms with E-state index >= 15 is 0 Å². The number of fused-ring (bicyclic) bond motifs is 2. The van der Waals surface area contributed by atoms with E-state index < -0.39 is 0 Å². The van der Waals surface area contributed by atoms with Gasteiger partial charge in [0.1, 0.15) is 24.7 Å². The third-order valence-corrected chi connectivity index (χ3v) is 6.28. The molecule has 0 aliphatic carbocycles. The molecule has 0 radical (unpaired) electrons. The SMILES string of the molecule is CCOCCOc1c2cc(C(C)(C)CC)ccc2c(OCCOCC)c2c(C)cccc12. The van der Waals surface area contributed by atoms with Gasteiger partial charge in [0.15, 0.2) is 0 Å². The fourth-order valence-corrected chi connectivity index (χ4v) is 3.99. The molecule has 0 atom stereocenters. The van der Waals surface area contributed by atoms with Crippen molar-refractivity contribution in [2.45, 2.75) is 53.4 Å². The van der Waals surface area contributed by atoms with Crippen LogP contribution in [-0.2, 0) is 14.9 Å². The summed E-state index contributed by atoms with van der Waals surface area (Å²) < 4.78 is 23.8. The van der Waals surface area contributed by atoms with Crippen molar-refractivity contribution < 1.29 is 18.9 Å². The zero-order valence-electron chi connectivity index (χ0n) is 20.5. The second-order valence-corrected chi connectivity index (χ2v) is 8.74. The zero-order valence-corrected chi connectivity index (χ0v) is 20.5. The lowest BCUT2D eigenvalue weighted by molar-refractivity contribution is 0.110. The van der Waals surface area contributed by atoms with Crippen LogP contribution in [0.2, 0.25) is 0 Å². The Morgan fingerprint density at radius 1 is 0.719 bits per heavy atom. The summed E-state index contributed by atoms with van der Waals surface area (Å²) in [4.78, 5) is 0. The van der Waals surface area contributed by atoms with Crippen molar-refractivity contribution in [3.63, 3.8) is 0 Å². The van der Waals surface area contributed by atoms with E-state index in [0.29, 0.717) is 39.6 Å². The predicted molar refractivity (Wildman–Crippen MR) is 133 cm³/mol. The van der Waals surface area contributed by atoms with E-state index in [1.54, 1.807) is 0 Å². The van der Waals surface area contributed by atoms with Crippen molar-refractivity contribution in [2.24, 2.45) is 0 Å². The summed E-state index contributed by atoms with van der Waals surface area (Å²) in [5.41, 5.74) is 2.55. The molecule has 32 heavy (non-hydrogen) atoms. The molecule has 3 aromatic rings. The minimum absolute atomic E-state index is 0.0777. The van der Waals surface area contributed by atoms with Crippen LogP contribution < -0.4 is 9.47 Å². The van der Waals surface area contributed by atoms with Gasteiger partial charge >= 0.3 is 0 Å². The quantitative estimate of drug-likeness (QED) is 0.230. The maximum Gasteiger partial charge on any atom is 0.135 e. The summed E-state index contributed by atoms with van der Waals surface area (Å²) in [6.07, 6.45) is 1.06. The Morgan fingerprint density at radius 3 is 2.00 bits per heavy atom. The van der Waals surface area contributed by atoms with Crippen LogP contribution in [0.1, 0.15) is 52.2 Å². The summed E-state index contributed by atoms with van der Waals surface area (Å²) in [5, 5.41) is 4.34. The van der Waals surface area contributed by atoms with E-state index in [0.717, 1.165) is 39.5 Å². The molecule has 4 nitrogen and oxygen atoms in total. The lowest BCUT2D eigenvalue weighted by atomic mass is 9.81. The molecule has 174 valence electrons. The number of ether oxygens (including phenoxy) is 4. The Hall–Kier alpha value is -2.30. The molecule has 3 rings (SSSR count). The fraction of sp³-hybridized carbons (Fsp3) is 0.500. The Labute approximate surface area is 192 Å². The smallest absolute Gasteiger partial charge is 0.135 e. The molecule has 0 spiro atoms. The normalized spacial score (nSPS) is 11.9. The van der Waals surface area contributed by atoms with Gasteiger partial charge in [0.2, 0.25) is 0 Å². The van der Waals surface area contributed by atoms with E-state index in [1.807, 2.05) is 13.8 Å². The number of benzene rings is 3. The van der Waals surface area contributed by atoms with Crippen molar-refractivity contribution in [3.8, 4) is 11.5 Å². The van der Waals surface area contributed by atoms with Crippen molar-refractivity contribution >= 4 is 21.5 Å². The minimum Gasteiger partial charge on any atom is -0.490 e. The van der Waals surface area contributed by atoms with E-state index in [-0.39, 0.29) is 5.41 Å². The zero-order chi connectivity index (χ0) is 23.1. The van der Waals surface area contributed by atoms with Gasteiger partial charge in [-0.15, -0.1) is 0 Å². The number of hydrogen-bond donors (Lipinski definition) is 0. The third kappa shape index (κ3) is 5.19. The van der Waals surface area contributed by atoms with Crippen molar-refractivity contribution in [1.29, 1.82) is 0 Å². The first kappa shape index (κ1) is 24.3. The maximum atomic E-state index is 6.38. The molecular weight excluding hydrogens is 400 g/mol. The Kier molecular flexibility index (Phi) is 8.38. The lowest BCUT2D eigenvalue weighted by Gasteiger charge is -2.25. The average Bonchev–Trinajstić information content (AvgIpc) is 2.80. The third-order valence-electron chi connectivity index (χ3n) is 6.28. The average molecular weight is 439 g/mol. The molecule has 0 fully saturated rings. The first-order chi connectivity index (χ1) is 15.4. The second kappa shape index (κ2) is 11.0. The van der Waals surface area contributed by atoms with Gasteiger partial charge < -0.3 is 18.9 Å². The molecule has 3 aromatic carbocycles. The number of rotatable bonds is 12. The van der Waals surface area contributed by atoms with Gasteiger partial charge in [-0.2, -0.15) is 0 Å². The molecule has 0 aliphatic heterocycles. The van der Waals surface area contributed by atoms with Gasteiger partial charge in [-0.05, 0) is 49.8 Å². The van der Waals surface area contributed by atoms with Gasteiger partial charge in [0.25, 0.3) is 0 Å². The standard InChI is InChI=1S/C28H38O4/c1-7-28(5,6)21-13-14-22-24(19-21)26(31-17-15-29-8-2)23-12-10-11-20(4)25(23)27(22)32-18-16-30-9-3/h10-14,19H,7-9,15-18H2,1-6H3. The predicted octanol–water partition coefficient (Wildman–Crippen LogP) is 6.82. The Balaban J connectivity index is 2.23. The van der Waals surface area contributed by atoms with E-state index in [1.165, 1.54) is 11.1 Å². The second-order valence-electron chi connectivity index (χ2n) is 8.74. The number of hydrogen-bond acceptors (Lipinski definition) is 4. The fourth-order valence-electron chi connectivity index (χ4n) is 3.99. The van der Waals surface area contributed by atoms with E-state index in [4.69, 9.17) is 18.9 Å². The van der Waals surface area contributed by atoms with Crippen molar-refractivity contribution in [2.75, 3.05) is 39.6 Å². The molecule has 0 N–H and O–H groups in total. The van der Waals surface area contributed by atoms with Crippen molar-refractivity contribution in [3.05, 3.63) is 47.5 Å². The summed E-state index contributed by atoms with van der Waals surface area (Å²) in [5.74, 6) is 1.81. The number of aryl methyl sites for hydroxylation is 1. The highest BCUT2D eigenvalue weighted by Gasteiger charge is 2.22. The molecule has 0 aromatic heterocycles. The molecule has 0 amide bonds. The summed E-state index contributed by atoms with van der Waals surface area (Å²) in [6.45, 7) is 16.5. The largest absolute Gasteiger partial charge is 0.490 e. The van der Waals surface area contributed by atoms with Gasteiger partial charge in [0.05, 0.1) is 13.2 Å². The van der Waals surface area contributed by atoms with Crippen LogP contribution in [0.5, 0.6) is 11.5 Å². The minimum atomic E-state index is 0.0777. The van der Waals surface area contributed by atoms with Gasteiger partial charge in [-0.1, -0.05) is 51.1 Å². The van der Waals surface area contributed by atoms with Crippen LogP contribution in [0.25, 0.3) is 21.5 Å². The van der Waals surface area contributed by atoms with Crippen LogP contribution in [0, 0.1) is 6.92 Å². The van der Waals surface area contributed by atoms with Crippen LogP contribution in [0.4, 0.5) is 0 Å². The monoisotopic (exact) mass is 438 g/mol. The molecule has 0 unspecified atom stereocenters. The summed E-state index contributed by atoms with van der Waals surface area (Å²) in [7, 11) is 0. The molecule has 0 heterocycles. The lowest BCUT2D eigenvalue weighted by Crippen LogP contribution is -2.15. The van der Waals surface area contributed by atoms with Crippen LogP contribution in [-0.4, -0.2) is 39.6 Å². The Bertz CT molecular complexity index is 1040. The van der Waals surface area contributed by atoms with E-state index in [9.17, 15) is 0 Å². The van der Waals surface area contributed by atoms with E-state index in [2.05, 4.69) is 64.1 Å². The highest BCUT2D eigenvalue weighted by Crippen LogP contribution is 2.45. The van der Waals surface area contributed by atoms with Crippen LogP contribution >= 0.6 is 0 Å². The topological polar surface area (TPSA) is 36.9 Å².